The molecular formula is C15H17BrN2O. The maximum atomic E-state index is 6.23. The van der Waals surface area contributed by atoms with Crippen LogP contribution < -0.4 is 10.5 Å². The normalized spacial score (nSPS) is 12.2. The molecule has 2 rings (SSSR count). The lowest BCUT2D eigenvalue weighted by molar-refractivity contribution is 0.317. The van der Waals surface area contributed by atoms with Crippen LogP contribution in [-0.4, -0.2) is 11.6 Å². The molecular weight excluding hydrogens is 304 g/mol. The van der Waals surface area contributed by atoms with Crippen LogP contribution in [0.1, 0.15) is 30.6 Å². The molecule has 0 saturated heterocycles. The Morgan fingerprint density at radius 1 is 1.26 bits per heavy atom. The highest BCUT2D eigenvalue weighted by molar-refractivity contribution is 9.10. The van der Waals surface area contributed by atoms with E-state index < -0.39 is 0 Å². The number of aromatic nitrogens is 1. The Morgan fingerprint density at radius 2 is 2.00 bits per heavy atom. The van der Waals surface area contributed by atoms with E-state index in [-0.39, 0.29) is 6.04 Å². The molecule has 0 bridgehead atoms. The van der Waals surface area contributed by atoms with Gasteiger partial charge >= 0.3 is 0 Å². The van der Waals surface area contributed by atoms with Crippen LogP contribution in [0.5, 0.6) is 5.75 Å². The Balaban J connectivity index is 2.16. The fraction of sp³-hybridized carbons (Fsp3) is 0.267. The number of halogens is 1. The second-order valence-electron chi connectivity index (χ2n) is 4.27. The van der Waals surface area contributed by atoms with E-state index in [4.69, 9.17) is 10.5 Å². The number of nitrogens with two attached hydrogens (primary N) is 1. The first kappa shape index (κ1) is 14.0. The Morgan fingerprint density at radius 3 is 2.63 bits per heavy atom. The van der Waals surface area contributed by atoms with E-state index in [9.17, 15) is 0 Å². The number of nitrogens with zero attached hydrogens (tertiary/aromatic N) is 1. The van der Waals surface area contributed by atoms with Crippen LogP contribution in [0.15, 0.2) is 47.1 Å². The first-order chi connectivity index (χ1) is 9.22. The summed E-state index contributed by atoms with van der Waals surface area (Å²) in [5, 5.41) is 0. The maximum Gasteiger partial charge on any atom is 0.119 e. The molecule has 1 aromatic heterocycles. The van der Waals surface area contributed by atoms with Gasteiger partial charge in [0.2, 0.25) is 0 Å². The minimum atomic E-state index is -0.240. The van der Waals surface area contributed by atoms with E-state index in [1.54, 1.807) is 6.20 Å². The van der Waals surface area contributed by atoms with Gasteiger partial charge < -0.3 is 10.5 Å². The van der Waals surface area contributed by atoms with Crippen LogP contribution in [-0.2, 0) is 0 Å². The minimum Gasteiger partial charge on any atom is -0.494 e. The molecule has 2 aromatic rings. The summed E-state index contributed by atoms with van der Waals surface area (Å²) in [5.74, 6) is 0.873. The highest BCUT2D eigenvalue weighted by atomic mass is 79.9. The molecule has 1 heterocycles. The summed E-state index contributed by atoms with van der Waals surface area (Å²) in [6.45, 7) is 2.82. The van der Waals surface area contributed by atoms with Gasteiger partial charge in [0.1, 0.15) is 5.75 Å². The van der Waals surface area contributed by atoms with Crippen molar-refractivity contribution in [1.82, 2.24) is 4.98 Å². The Hall–Kier alpha value is -1.39. The zero-order valence-electron chi connectivity index (χ0n) is 10.8. The van der Waals surface area contributed by atoms with Crippen LogP contribution in [0.2, 0.25) is 0 Å². The van der Waals surface area contributed by atoms with Gasteiger partial charge in [-0.1, -0.05) is 19.1 Å². The van der Waals surface area contributed by atoms with Crippen molar-refractivity contribution < 1.29 is 4.74 Å². The van der Waals surface area contributed by atoms with Gasteiger partial charge in [-0.05, 0) is 52.2 Å². The van der Waals surface area contributed by atoms with Crippen LogP contribution in [0.25, 0.3) is 0 Å². The summed E-state index contributed by atoms with van der Waals surface area (Å²) < 4.78 is 6.48. The van der Waals surface area contributed by atoms with Gasteiger partial charge in [0.05, 0.1) is 18.3 Å². The Bertz CT molecular complexity index is 528. The maximum absolute atomic E-state index is 6.23. The molecule has 0 aliphatic rings. The smallest absolute Gasteiger partial charge is 0.119 e. The molecule has 100 valence electrons. The monoisotopic (exact) mass is 320 g/mol. The number of hydrogen-bond acceptors (Lipinski definition) is 3. The van der Waals surface area contributed by atoms with E-state index >= 15 is 0 Å². The lowest BCUT2D eigenvalue weighted by atomic mass is 10.0. The third-order valence-corrected chi connectivity index (χ3v) is 3.46. The molecule has 0 aliphatic carbocycles. The molecule has 1 aromatic carbocycles. The second-order valence-corrected chi connectivity index (χ2v) is 5.12. The molecule has 0 fully saturated rings. The minimum absolute atomic E-state index is 0.240. The summed E-state index contributed by atoms with van der Waals surface area (Å²) in [7, 11) is 0. The lowest BCUT2D eigenvalue weighted by Crippen LogP contribution is -2.14. The number of ether oxygens (including phenoxy) is 1. The van der Waals surface area contributed by atoms with E-state index in [0.717, 1.165) is 34.5 Å². The molecule has 0 amide bonds. The Kier molecular flexibility index (Phi) is 4.93. The molecule has 3 nitrogen and oxygen atoms in total. The number of pyridine rings is 1. The molecule has 4 heteroatoms. The molecule has 1 unspecified atom stereocenters. The quantitative estimate of drug-likeness (QED) is 0.914. The van der Waals surface area contributed by atoms with Gasteiger partial charge in [0, 0.05) is 10.7 Å². The predicted molar refractivity (Wildman–Crippen MR) is 80.2 cm³/mol. The first-order valence-corrected chi connectivity index (χ1v) is 7.10. The number of hydrogen-bond donors (Lipinski definition) is 1. The largest absolute Gasteiger partial charge is 0.494 e. The second kappa shape index (κ2) is 6.68. The van der Waals surface area contributed by atoms with Gasteiger partial charge in [0.15, 0.2) is 0 Å². The number of benzene rings is 1. The average molecular weight is 321 g/mol. The summed E-state index contributed by atoms with van der Waals surface area (Å²) in [6, 6.07) is 11.4. The van der Waals surface area contributed by atoms with Crippen molar-refractivity contribution in [2.75, 3.05) is 6.61 Å². The summed E-state index contributed by atoms with van der Waals surface area (Å²) in [5.41, 5.74) is 8.09. The van der Waals surface area contributed by atoms with Crippen molar-refractivity contribution >= 4 is 15.9 Å². The standard InChI is InChI=1S/C15H17BrN2O/c1-2-10-19-12-7-5-11(6-8-12)14(17)15-13(16)4-3-9-18-15/h3-9,14H,2,10,17H2,1H3. The Labute approximate surface area is 121 Å². The van der Waals surface area contributed by atoms with Crippen molar-refractivity contribution in [2.45, 2.75) is 19.4 Å². The van der Waals surface area contributed by atoms with E-state index in [2.05, 4.69) is 27.8 Å². The van der Waals surface area contributed by atoms with Crippen LogP contribution in [0.3, 0.4) is 0 Å². The molecule has 1 atom stereocenters. The van der Waals surface area contributed by atoms with Crippen LogP contribution in [0, 0.1) is 0 Å². The predicted octanol–water partition coefficient (Wildman–Crippen LogP) is 3.68. The third kappa shape index (κ3) is 3.55. The summed E-state index contributed by atoms with van der Waals surface area (Å²) in [4.78, 5) is 4.32. The fourth-order valence-electron chi connectivity index (χ4n) is 1.78. The van der Waals surface area contributed by atoms with Gasteiger partial charge in [-0.3, -0.25) is 4.98 Å². The zero-order valence-corrected chi connectivity index (χ0v) is 12.4. The van der Waals surface area contributed by atoms with Crippen LogP contribution >= 0.6 is 15.9 Å². The van der Waals surface area contributed by atoms with Crippen molar-refractivity contribution in [3.05, 3.63) is 58.3 Å². The molecule has 0 radical (unpaired) electrons. The SMILES string of the molecule is CCCOc1ccc(C(N)c2ncccc2Br)cc1. The lowest BCUT2D eigenvalue weighted by Gasteiger charge is -2.13. The zero-order chi connectivity index (χ0) is 13.7. The highest BCUT2D eigenvalue weighted by Gasteiger charge is 2.13. The first-order valence-electron chi connectivity index (χ1n) is 6.31. The van der Waals surface area contributed by atoms with E-state index in [0.29, 0.717) is 0 Å². The van der Waals surface area contributed by atoms with Gasteiger partial charge in [-0.25, -0.2) is 0 Å². The highest BCUT2D eigenvalue weighted by Crippen LogP contribution is 2.25. The van der Waals surface area contributed by atoms with Gasteiger partial charge in [-0.2, -0.15) is 0 Å². The van der Waals surface area contributed by atoms with Crippen LogP contribution in [0.4, 0.5) is 0 Å². The van der Waals surface area contributed by atoms with Crippen molar-refractivity contribution in [2.24, 2.45) is 5.73 Å². The average Bonchev–Trinajstić information content (AvgIpc) is 2.45. The van der Waals surface area contributed by atoms with Crippen molar-refractivity contribution in [1.29, 1.82) is 0 Å². The van der Waals surface area contributed by atoms with E-state index in [1.807, 2.05) is 36.4 Å². The van der Waals surface area contributed by atoms with Crippen molar-refractivity contribution in [3.63, 3.8) is 0 Å². The summed E-state index contributed by atoms with van der Waals surface area (Å²) >= 11 is 3.48. The van der Waals surface area contributed by atoms with Crippen molar-refractivity contribution in [3.8, 4) is 5.75 Å². The molecule has 0 aliphatic heterocycles. The number of rotatable bonds is 5. The fourth-order valence-corrected chi connectivity index (χ4v) is 2.28. The molecule has 19 heavy (non-hydrogen) atoms. The van der Waals surface area contributed by atoms with Gasteiger partial charge in [-0.15, -0.1) is 0 Å². The molecule has 0 saturated carbocycles. The topological polar surface area (TPSA) is 48.1 Å². The van der Waals surface area contributed by atoms with Gasteiger partial charge in [0.25, 0.3) is 0 Å². The molecule has 0 spiro atoms. The van der Waals surface area contributed by atoms with E-state index in [1.165, 1.54) is 0 Å². The summed E-state index contributed by atoms with van der Waals surface area (Å²) in [6.07, 6.45) is 2.75. The third-order valence-electron chi connectivity index (χ3n) is 2.79. The molecule has 2 N–H and O–H groups in total.